The average molecular weight is 383 g/mol. The van der Waals surface area contributed by atoms with E-state index in [1.54, 1.807) is 31.2 Å². The van der Waals surface area contributed by atoms with Gasteiger partial charge >= 0.3 is 0 Å². The second kappa shape index (κ2) is 9.59. The number of nitrogens with zero attached hydrogens (tertiary/aromatic N) is 2. The molecule has 1 heterocycles. The highest BCUT2D eigenvalue weighted by Crippen LogP contribution is 2.26. The SMILES string of the molecule is CC(Oc1ccc(C#N)cc1)C(=O)NC1CCN(C(=O)C2CCCCC2)CC1. The van der Waals surface area contributed by atoms with Gasteiger partial charge in [0, 0.05) is 25.0 Å². The van der Waals surface area contributed by atoms with Crippen LogP contribution in [0.2, 0.25) is 0 Å². The summed E-state index contributed by atoms with van der Waals surface area (Å²) in [5, 5.41) is 11.9. The molecule has 0 spiro atoms. The van der Waals surface area contributed by atoms with Gasteiger partial charge in [0.05, 0.1) is 11.6 Å². The van der Waals surface area contributed by atoms with Gasteiger partial charge in [-0.25, -0.2) is 0 Å². The molecule has 0 radical (unpaired) electrons. The van der Waals surface area contributed by atoms with Crippen molar-refractivity contribution in [2.24, 2.45) is 5.92 Å². The van der Waals surface area contributed by atoms with E-state index in [9.17, 15) is 9.59 Å². The van der Waals surface area contributed by atoms with Crippen molar-refractivity contribution in [1.29, 1.82) is 5.26 Å². The van der Waals surface area contributed by atoms with Gasteiger partial charge in [-0.2, -0.15) is 5.26 Å². The quantitative estimate of drug-likeness (QED) is 0.847. The zero-order valence-electron chi connectivity index (χ0n) is 16.5. The zero-order valence-corrected chi connectivity index (χ0v) is 16.5. The maximum atomic E-state index is 12.6. The number of benzene rings is 1. The predicted molar refractivity (Wildman–Crippen MR) is 106 cm³/mol. The van der Waals surface area contributed by atoms with Gasteiger partial charge in [-0.05, 0) is 56.9 Å². The standard InChI is InChI=1S/C22H29N3O3/c1-16(28-20-9-7-17(15-23)8-10-20)21(26)24-19-11-13-25(14-12-19)22(27)18-5-3-2-4-6-18/h7-10,16,18-19H,2-6,11-14H2,1H3,(H,24,26). The Hall–Kier alpha value is -2.55. The van der Waals surface area contributed by atoms with Crippen LogP contribution in [0.4, 0.5) is 0 Å². The van der Waals surface area contributed by atoms with Crippen LogP contribution in [0, 0.1) is 17.2 Å². The van der Waals surface area contributed by atoms with E-state index < -0.39 is 6.10 Å². The lowest BCUT2D eigenvalue weighted by atomic mass is 9.87. The van der Waals surface area contributed by atoms with Crippen LogP contribution in [0.3, 0.4) is 0 Å². The lowest BCUT2D eigenvalue weighted by Gasteiger charge is -2.35. The third-order valence-electron chi connectivity index (χ3n) is 5.77. The largest absolute Gasteiger partial charge is 0.481 e. The number of piperidine rings is 1. The molecule has 0 bridgehead atoms. The Balaban J connectivity index is 1.42. The first-order valence-electron chi connectivity index (χ1n) is 10.3. The van der Waals surface area contributed by atoms with E-state index in [0.717, 1.165) is 25.7 Å². The van der Waals surface area contributed by atoms with Crippen LogP contribution < -0.4 is 10.1 Å². The van der Waals surface area contributed by atoms with E-state index in [2.05, 4.69) is 11.4 Å². The predicted octanol–water partition coefficient (Wildman–Crippen LogP) is 3.01. The first kappa shape index (κ1) is 20.2. The second-order valence-electron chi connectivity index (χ2n) is 7.84. The van der Waals surface area contributed by atoms with Crippen molar-refractivity contribution < 1.29 is 14.3 Å². The van der Waals surface area contributed by atoms with Crippen molar-refractivity contribution in [3.05, 3.63) is 29.8 Å². The summed E-state index contributed by atoms with van der Waals surface area (Å²) < 4.78 is 5.67. The molecule has 1 saturated heterocycles. The molecule has 1 aromatic carbocycles. The van der Waals surface area contributed by atoms with Gasteiger partial charge < -0.3 is 15.0 Å². The summed E-state index contributed by atoms with van der Waals surface area (Å²) in [6.07, 6.45) is 6.59. The third kappa shape index (κ3) is 5.25. The number of carbonyl (C=O) groups is 2. The molecule has 1 atom stereocenters. The summed E-state index contributed by atoms with van der Waals surface area (Å²) in [6, 6.07) is 8.85. The lowest BCUT2D eigenvalue weighted by molar-refractivity contribution is -0.137. The Labute approximate surface area is 166 Å². The molecule has 2 aliphatic rings. The van der Waals surface area contributed by atoms with Crippen molar-refractivity contribution >= 4 is 11.8 Å². The van der Waals surface area contributed by atoms with E-state index in [1.165, 1.54) is 19.3 Å². The van der Waals surface area contributed by atoms with Crippen LogP contribution in [0.5, 0.6) is 5.75 Å². The van der Waals surface area contributed by atoms with Gasteiger partial charge in [0.2, 0.25) is 5.91 Å². The van der Waals surface area contributed by atoms with Crippen LogP contribution in [-0.2, 0) is 9.59 Å². The number of hydrogen-bond donors (Lipinski definition) is 1. The third-order valence-corrected chi connectivity index (χ3v) is 5.77. The normalized spacial score (nSPS) is 19.5. The molecular weight excluding hydrogens is 354 g/mol. The van der Waals surface area contributed by atoms with E-state index in [-0.39, 0.29) is 17.9 Å². The maximum absolute atomic E-state index is 12.6. The highest BCUT2D eigenvalue weighted by atomic mass is 16.5. The molecule has 0 aromatic heterocycles. The fourth-order valence-corrected chi connectivity index (χ4v) is 4.04. The highest BCUT2D eigenvalue weighted by Gasteiger charge is 2.30. The Morgan fingerprint density at radius 3 is 2.36 bits per heavy atom. The minimum Gasteiger partial charge on any atom is -0.481 e. The summed E-state index contributed by atoms with van der Waals surface area (Å²) in [5.74, 6) is 0.929. The van der Waals surface area contributed by atoms with Crippen LogP contribution in [0.25, 0.3) is 0 Å². The lowest BCUT2D eigenvalue weighted by Crippen LogP contribution is -2.50. The second-order valence-corrected chi connectivity index (χ2v) is 7.84. The number of amides is 2. The molecule has 150 valence electrons. The molecule has 2 amide bonds. The van der Waals surface area contributed by atoms with E-state index >= 15 is 0 Å². The number of hydrogen-bond acceptors (Lipinski definition) is 4. The van der Waals surface area contributed by atoms with Gasteiger partial charge in [-0.15, -0.1) is 0 Å². The molecule has 1 aliphatic heterocycles. The molecule has 6 nitrogen and oxygen atoms in total. The zero-order chi connectivity index (χ0) is 19.9. The van der Waals surface area contributed by atoms with E-state index in [1.807, 2.05) is 4.90 Å². The molecule has 6 heteroatoms. The molecular formula is C22H29N3O3. The topological polar surface area (TPSA) is 82.4 Å². The number of likely N-dealkylation sites (tertiary alicyclic amines) is 1. The Kier molecular flexibility index (Phi) is 6.91. The van der Waals surface area contributed by atoms with Crippen LogP contribution >= 0.6 is 0 Å². The maximum Gasteiger partial charge on any atom is 0.260 e. The number of rotatable bonds is 5. The first-order chi connectivity index (χ1) is 13.6. The minimum atomic E-state index is -0.616. The summed E-state index contributed by atoms with van der Waals surface area (Å²) in [7, 11) is 0. The molecule has 1 aliphatic carbocycles. The van der Waals surface area contributed by atoms with Gasteiger partial charge in [0.25, 0.3) is 5.91 Å². The molecule has 3 rings (SSSR count). The molecule has 1 saturated carbocycles. The molecule has 1 unspecified atom stereocenters. The van der Waals surface area contributed by atoms with Crippen LogP contribution in [0.15, 0.2) is 24.3 Å². The van der Waals surface area contributed by atoms with Gasteiger partial charge in [0.15, 0.2) is 6.10 Å². The van der Waals surface area contributed by atoms with E-state index in [0.29, 0.717) is 30.3 Å². The van der Waals surface area contributed by atoms with Crippen molar-refractivity contribution in [2.75, 3.05) is 13.1 Å². The van der Waals surface area contributed by atoms with Gasteiger partial charge in [0.1, 0.15) is 5.75 Å². The van der Waals surface area contributed by atoms with Crippen molar-refractivity contribution in [2.45, 2.75) is 64.0 Å². The molecule has 2 fully saturated rings. The summed E-state index contributed by atoms with van der Waals surface area (Å²) in [5.41, 5.74) is 0.555. The minimum absolute atomic E-state index is 0.0786. The van der Waals surface area contributed by atoms with Crippen LogP contribution in [0.1, 0.15) is 57.4 Å². The fraction of sp³-hybridized carbons (Fsp3) is 0.591. The number of nitrogens with one attached hydrogen (secondary N) is 1. The van der Waals surface area contributed by atoms with Gasteiger partial charge in [-0.1, -0.05) is 19.3 Å². The summed E-state index contributed by atoms with van der Waals surface area (Å²) >= 11 is 0. The van der Waals surface area contributed by atoms with Crippen LogP contribution in [-0.4, -0.2) is 41.9 Å². The van der Waals surface area contributed by atoms with Crippen molar-refractivity contribution in [1.82, 2.24) is 10.2 Å². The molecule has 28 heavy (non-hydrogen) atoms. The highest BCUT2D eigenvalue weighted by molar-refractivity contribution is 5.81. The number of ether oxygens (including phenoxy) is 1. The smallest absolute Gasteiger partial charge is 0.260 e. The Bertz CT molecular complexity index is 712. The number of nitriles is 1. The monoisotopic (exact) mass is 383 g/mol. The first-order valence-corrected chi connectivity index (χ1v) is 10.3. The molecule has 1 aromatic rings. The Morgan fingerprint density at radius 2 is 1.75 bits per heavy atom. The molecule has 1 N–H and O–H groups in total. The van der Waals surface area contributed by atoms with Crippen molar-refractivity contribution in [3.63, 3.8) is 0 Å². The summed E-state index contributed by atoms with van der Waals surface area (Å²) in [4.78, 5) is 27.1. The average Bonchev–Trinajstić information content (AvgIpc) is 2.75. The van der Waals surface area contributed by atoms with Gasteiger partial charge in [-0.3, -0.25) is 9.59 Å². The van der Waals surface area contributed by atoms with Crippen molar-refractivity contribution in [3.8, 4) is 11.8 Å². The van der Waals surface area contributed by atoms with E-state index in [4.69, 9.17) is 10.00 Å². The fourth-order valence-electron chi connectivity index (χ4n) is 4.04. The number of carbonyl (C=O) groups excluding carboxylic acids is 2. The Morgan fingerprint density at radius 1 is 1.11 bits per heavy atom. The summed E-state index contributed by atoms with van der Waals surface area (Å²) in [6.45, 7) is 3.14.